The van der Waals surface area contributed by atoms with E-state index >= 15 is 0 Å². The van der Waals surface area contributed by atoms with Crippen LogP contribution in [0.15, 0.2) is 24.4 Å². The maximum absolute atomic E-state index is 11.1. The SMILES string of the molecule is C=CCC(=CN(C)C)C(=O)OC. The Morgan fingerprint density at radius 1 is 1.58 bits per heavy atom. The first-order chi connectivity index (χ1) is 5.61. The Morgan fingerprint density at radius 2 is 2.17 bits per heavy atom. The third kappa shape index (κ3) is 3.81. The summed E-state index contributed by atoms with van der Waals surface area (Å²) in [4.78, 5) is 12.9. The molecule has 0 atom stereocenters. The highest BCUT2D eigenvalue weighted by atomic mass is 16.5. The zero-order valence-electron chi connectivity index (χ0n) is 7.83. The van der Waals surface area contributed by atoms with Crippen molar-refractivity contribution < 1.29 is 9.53 Å². The number of hydrogen-bond acceptors (Lipinski definition) is 3. The monoisotopic (exact) mass is 169 g/mol. The van der Waals surface area contributed by atoms with E-state index in [0.717, 1.165) is 0 Å². The minimum Gasteiger partial charge on any atom is -0.466 e. The fourth-order valence-corrected chi connectivity index (χ4v) is 0.787. The van der Waals surface area contributed by atoms with Gasteiger partial charge < -0.3 is 9.64 Å². The average Bonchev–Trinajstić information content (AvgIpc) is 2.01. The zero-order chi connectivity index (χ0) is 9.56. The Balaban J connectivity index is 4.41. The van der Waals surface area contributed by atoms with E-state index in [2.05, 4.69) is 11.3 Å². The molecule has 68 valence electrons. The van der Waals surface area contributed by atoms with Crippen molar-refractivity contribution in [3.8, 4) is 0 Å². The number of nitrogens with zero attached hydrogens (tertiary/aromatic N) is 1. The number of carbonyl (C=O) groups excluding carboxylic acids is 1. The van der Waals surface area contributed by atoms with Crippen LogP contribution in [0, 0.1) is 0 Å². The van der Waals surface area contributed by atoms with Crippen molar-refractivity contribution in [2.24, 2.45) is 0 Å². The molecule has 0 saturated carbocycles. The maximum Gasteiger partial charge on any atom is 0.335 e. The average molecular weight is 169 g/mol. The Bertz CT molecular complexity index is 195. The topological polar surface area (TPSA) is 29.5 Å². The van der Waals surface area contributed by atoms with E-state index in [-0.39, 0.29) is 5.97 Å². The van der Waals surface area contributed by atoms with Crippen LogP contribution < -0.4 is 0 Å². The van der Waals surface area contributed by atoms with Crippen LogP contribution in [0.4, 0.5) is 0 Å². The number of esters is 1. The van der Waals surface area contributed by atoms with Crippen LogP contribution in [-0.4, -0.2) is 32.1 Å². The summed E-state index contributed by atoms with van der Waals surface area (Å²) >= 11 is 0. The first-order valence-corrected chi connectivity index (χ1v) is 3.68. The second-order valence-corrected chi connectivity index (χ2v) is 2.60. The predicted molar refractivity (Wildman–Crippen MR) is 48.6 cm³/mol. The lowest BCUT2D eigenvalue weighted by atomic mass is 10.2. The lowest BCUT2D eigenvalue weighted by Gasteiger charge is -2.08. The molecule has 0 heterocycles. The largest absolute Gasteiger partial charge is 0.466 e. The Labute approximate surface area is 73.3 Å². The molecule has 12 heavy (non-hydrogen) atoms. The van der Waals surface area contributed by atoms with Crippen LogP contribution in [0.2, 0.25) is 0 Å². The number of methoxy groups -OCH3 is 1. The third-order valence-electron chi connectivity index (χ3n) is 1.23. The van der Waals surface area contributed by atoms with Gasteiger partial charge in [-0.15, -0.1) is 6.58 Å². The molecule has 0 radical (unpaired) electrons. The summed E-state index contributed by atoms with van der Waals surface area (Å²) in [7, 11) is 5.08. The summed E-state index contributed by atoms with van der Waals surface area (Å²) in [5.41, 5.74) is 0.609. The van der Waals surface area contributed by atoms with E-state index in [4.69, 9.17) is 0 Å². The van der Waals surface area contributed by atoms with Gasteiger partial charge in [-0.05, 0) is 6.42 Å². The van der Waals surface area contributed by atoms with Crippen LogP contribution in [-0.2, 0) is 9.53 Å². The molecule has 0 aliphatic rings. The quantitative estimate of drug-likeness (QED) is 0.359. The van der Waals surface area contributed by atoms with Gasteiger partial charge in [0.2, 0.25) is 0 Å². The second-order valence-electron chi connectivity index (χ2n) is 2.60. The van der Waals surface area contributed by atoms with Crippen molar-refractivity contribution >= 4 is 5.97 Å². The highest BCUT2D eigenvalue weighted by Gasteiger charge is 2.06. The zero-order valence-corrected chi connectivity index (χ0v) is 7.83. The molecule has 3 nitrogen and oxygen atoms in total. The number of allylic oxidation sites excluding steroid dienone is 1. The molecular formula is C9H15NO2. The lowest BCUT2D eigenvalue weighted by Crippen LogP contribution is -2.10. The first-order valence-electron chi connectivity index (χ1n) is 3.68. The van der Waals surface area contributed by atoms with E-state index in [1.165, 1.54) is 7.11 Å². The van der Waals surface area contributed by atoms with E-state index in [0.29, 0.717) is 12.0 Å². The molecular weight excluding hydrogens is 154 g/mol. The molecule has 0 bridgehead atoms. The summed E-state index contributed by atoms with van der Waals surface area (Å²) in [5.74, 6) is -0.302. The van der Waals surface area contributed by atoms with Gasteiger partial charge >= 0.3 is 5.97 Å². The van der Waals surface area contributed by atoms with Crippen LogP contribution in [0.5, 0.6) is 0 Å². The number of hydrogen-bond donors (Lipinski definition) is 0. The van der Waals surface area contributed by atoms with Crippen molar-refractivity contribution in [1.82, 2.24) is 4.90 Å². The van der Waals surface area contributed by atoms with Gasteiger partial charge in [-0.2, -0.15) is 0 Å². The van der Waals surface area contributed by atoms with Crippen LogP contribution in [0.1, 0.15) is 6.42 Å². The second kappa shape index (κ2) is 5.41. The highest BCUT2D eigenvalue weighted by molar-refractivity contribution is 5.88. The molecule has 0 aromatic carbocycles. The van der Waals surface area contributed by atoms with Gasteiger partial charge in [0.05, 0.1) is 12.7 Å². The normalized spacial score (nSPS) is 10.8. The van der Waals surface area contributed by atoms with Gasteiger partial charge in [-0.3, -0.25) is 0 Å². The Kier molecular flexibility index (Phi) is 4.84. The molecule has 0 spiro atoms. The molecule has 0 N–H and O–H groups in total. The number of carbonyl (C=O) groups is 1. The van der Waals surface area contributed by atoms with Gasteiger partial charge in [-0.1, -0.05) is 6.08 Å². The number of rotatable bonds is 4. The Morgan fingerprint density at radius 3 is 2.50 bits per heavy atom. The third-order valence-corrected chi connectivity index (χ3v) is 1.23. The molecule has 0 amide bonds. The molecule has 0 aliphatic heterocycles. The number of ether oxygens (including phenoxy) is 1. The van der Waals surface area contributed by atoms with Crippen molar-refractivity contribution in [1.29, 1.82) is 0 Å². The minimum absolute atomic E-state index is 0.302. The van der Waals surface area contributed by atoms with Crippen molar-refractivity contribution in [2.45, 2.75) is 6.42 Å². The van der Waals surface area contributed by atoms with E-state index < -0.39 is 0 Å². The molecule has 0 aromatic heterocycles. The summed E-state index contributed by atoms with van der Waals surface area (Å²) in [6, 6.07) is 0. The minimum atomic E-state index is -0.302. The smallest absolute Gasteiger partial charge is 0.335 e. The summed E-state index contributed by atoms with van der Waals surface area (Å²) in [6.45, 7) is 3.56. The fraction of sp³-hybridized carbons (Fsp3) is 0.444. The van der Waals surface area contributed by atoms with Gasteiger partial charge in [0.1, 0.15) is 0 Å². The van der Waals surface area contributed by atoms with E-state index in [1.54, 1.807) is 17.2 Å². The van der Waals surface area contributed by atoms with E-state index in [1.807, 2.05) is 14.1 Å². The summed E-state index contributed by atoms with van der Waals surface area (Å²) < 4.78 is 4.58. The molecule has 0 fully saturated rings. The van der Waals surface area contributed by atoms with Crippen molar-refractivity contribution in [3.63, 3.8) is 0 Å². The maximum atomic E-state index is 11.1. The highest BCUT2D eigenvalue weighted by Crippen LogP contribution is 2.04. The fourth-order valence-electron chi connectivity index (χ4n) is 0.787. The van der Waals surface area contributed by atoms with Gasteiger partial charge in [0.15, 0.2) is 0 Å². The van der Waals surface area contributed by atoms with Gasteiger partial charge in [-0.25, -0.2) is 4.79 Å². The Hall–Kier alpha value is -1.25. The van der Waals surface area contributed by atoms with Crippen LogP contribution >= 0.6 is 0 Å². The molecule has 0 aromatic rings. The predicted octanol–water partition coefficient (Wildman–Crippen LogP) is 1.18. The molecule has 0 saturated heterocycles. The molecule has 0 aliphatic carbocycles. The van der Waals surface area contributed by atoms with Gasteiger partial charge in [0, 0.05) is 20.3 Å². The lowest BCUT2D eigenvalue weighted by molar-refractivity contribution is -0.136. The molecule has 3 heteroatoms. The molecule has 0 rings (SSSR count). The van der Waals surface area contributed by atoms with Crippen molar-refractivity contribution in [2.75, 3.05) is 21.2 Å². The van der Waals surface area contributed by atoms with Crippen LogP contribution in [0.25, 0.3) is 0 Å². The van der Waals surface area contributed by atoms with Crippen molar-refractivity contribution in [3.05, 3.63) is 24.4 Å². The summed E-state index contributed by atoms with van der Waals surface area (Å²) in [5, 5.41) is 0. The molecule has 0 unspecified atom stereocenters. The summed E-state index contributed by atoms with van der Waals surface area (Å²) in [6.07, 6.45) is 3.94. The van der Waals surface area contributed by atoms with Gasteiger partial charge in [0.25, 0.3) is 0 Å². The first kappa shape index (κ1) is 10.8. The standard InChI is InChI=1S/C9H15NO2/c1-5-6-8(7-10(2)3)9(11)12-4/h5,7H,1,6H2,2-4H3. The van der Waals surface area contributed by atoms with Crippen LogP contribution in [0.3, 0.4) is 0 Å². The van der Waals surface area contributed by atoms with E-state index in [9.17, 15) is 4.79 Å².